The van der Waals surface area contributed by atoms with Crippen molar-refractivity contribution >= 4 is 0 Å². The standard InChI is InChI=1S/C15H23FO/c1-2-3-4-5-6-7-8-14-10-9-13(12-17)11-15(14)16/h9-11,17H,2-8,12H2,1H3. The summed E-state index contributed by atoms with van der Waals surface area (Å²) in [5, 5.41) is 8.88. The summed E-state index contributed by atoms with van der Waals surface area (Å²) in [4.78, 5) is 0. The van der Waals surface area contributed by atoms with E-state index in [4.69, 9.17) is 5.11 Å². The molecule has 0 saturated heterocycles. The van der Waals surface area contributed by atoms with Gasteiger partial charge in [0, 0.05) is 0 Å². The molecule has 0 unspecified atom stereocenters. The lowest BCUT2D eigenvalue weighted by Gasteiger charge is -2.05. The van der Waals surface area contributed by atoms with Crippen molar-refractivity contribution in [1.29, 1.82) is 0 Å². The maximum atomic E-state index is 13.6. The minimum atomic E-state index is -0.176. The highest BCUT2D eigenvalue weighted by Gasteiger charge is 2.03. The van der Waals surface area contributed by atoms with Crippen LogP contribution < -0.4 is 0 Å². The van der Waals surface area contributed by atoms with Crippen molar-refractivity contribution in [1.82, 2.24) is 0 Å². The molecule has 0 radical (unpaired) electrons. The Morgan fingerprint density at radius 3 is 2.41 bits per heavy atom. The molecule has 1 rings (SSSR count). The van der Waals surface area contributed by atoms with Gasteiger partial charge in [-0.3, -0.25) is 0 Å². The average molecular weight is 238 g/mol. The zero-order valence-electron chi connectivity index (χ0n) is 10.7. The van der Waals surface area contributed by atoms with Crippen molar-refractivity contribution in [3.05, 3.63) is 35.1 Å². The Kier molecular flexibility index (Phi) is 6.87. The van der Waals surface area contributed by atoms with Gasteiger partial charge < -0.3 is 5.11 Å². The van der Waals surface area contributed by atoms with E-state index in [0.29, 0.717) is 5.56 Å². The Morgan fingerprint density at radius 1 is 1.06 bits per heavy atom. The van der Waals surface area contributed by atoms with Crippen LogP contribution in [0.5, 0.6) is 0 Å². The summed E-state index contributed by atoms with van der Waals surface area (Å²) in [5.74, 6) is -0.176. The summed E-state index contributed by atoms with van der Waals surface area (Å²) in [6.45, 7) is 2.12. The zero-order valence-corrected chi connectivity index (χ0v) is 10.7. The molecule has 0 spiro atoms. The highest BCUT2D eigenvalue weighted by molar-refractivity contribution is 5.24. The summed E-state index contributed by atoms with van der Waals surface area (Å²) in [6.07, 6.45) is 8.16. The minimum absolute atomic E-state index is 0.0891. The maximum Gasteiger partial charge on any atom is 0.126 e. The SMILES string of the molecule is CCCCCCCCc1ccc(CO)cc1F. The molecule has 0 aromatic heterocycles. The van der Waals surface area contributed by atoms with Crippen LogP contribution >= 0.6 is 0 Å². The topological polar surface area (TPSA) is 20.2 Å². The normalized spacial score (nSPS) is 10.8. The first kappa shape index (κ1) is 14.2. The lowest BCUT2D eigenvalue weighted by molar-refractivity contribution is 0.281. The molecule has 17 heavy (non-hydrogen) atoms. The monoisotopic (exact) mass is 238 g/mol. The first-order valence-electron chi connectivity index (χ1n) is 6.66. The summed E-state index contributed by atoms with van der Waals surface area (Å²) in [5.41, 5.74) is 1.42. The van der Waals surface area contributed by atoms with E-state index >= 15 is 0 Å². The third kappa shape index (κ3) is 5.31. The van der Waals surface area contributed by atoms with Crippen molar-refractivity contribution < 1.29 is 9.50 Å². The summed E-state index contributed by atoms with van der Waals surface area (Å²) in [7, 11) is 0. The molecule has 0 atom stereocenters. The van der Waals surface area contributed by atoms with E-state index in [-0.39, 0.29) is 12.4 Å². The van der Waals surface area contributed by atoms with Crippen LogP contribution in [0.3, 0.4) is 0 Å². The molecule has 0 fully saturated rings. The Balaban J connectivity index is 2.27. The molecule has 0 aliphatic carbocycles. The minimum Gasteiger partial charge on any atom is -0.392 e. The third-order valence-electron chi connectivity index (χ3n) is 3.10. The molecule has 1 N–H and O–H groups in total. The molecule has 0 aliphatic heterocycles. The zero-order chi connectivity index (χ0) is 12.5. The molecule has 0 bridgehead atoms. The Hall–Kier alpha value is -0.890. The van der Waals surface area contributed by atoms with Crippen LogP contribution in [0.25, 0.3) is 0 Å². The Bertz CT molecular complexity index is 323. The van der Waals surface area contributed by atoms with Gasteiger partial charge in [0.25, 0.3) is 0 Å². The number of aliphatic hydroxyl groups is 1. The fourth-order valence-electron chi connectivity index (χ4n) is 1.99. The quantitative estimate of drug-likeness (QED) is 0.672. The molecule has 1 aromatic carbocycles. The number of hydrogen-bond acceptors (Lipinski definition) is 1. The van der Waals surface area contributed by atoms with E-state index in [2.05, 4.69) is 6.92 Å². The number of halogens is 1. The molecule has 2 heteroatoms. The number of aliphatic hydroxyl groups excluding tert-OH is 1. The number of benzene rings is 1. The van der Waals surface area contributed by atoms with Crippen LogP contribution in [0.4, 0.5) is 4.39 Å². The van der Waals surface area contributed by atoms with Gasteiger partial charge in [-0.15, -0.1) is 0 Å². The van der Waals surface area contributed by atoms with Gasteiger partial charge in [-0.25, -0.2) is 4.39 Å². The molecule has 1 nitrogen and oxygen atoms in total. The lowest BCUT2D eigenvalue weighted by atomic mass is 10.0. The van der Waals surface area contributed by atoms with Gasteiger partial charge in [-0.2, -0.15) is 0 Å². The van der Waals surface area contributed by atoms with Crippen LogP contribution in [-0.4, -0.2) is 5.11 Å². The predicted octanol–water partition coefficient (Wildman–Crippen LogP) is 4.22. The molecule has 0 aliphatic rings. The van der Waals surface area contributed by atoms with Gasteiger partial charge in [-0.1, -0.05) is 51.2 Å². The first-order valence-corrected chi connectivity index (χ1v) is 6.66. The van der Waals surface area contributed by atoms with Crippen molar-refractivity contribution in [2.45, 2.75) is 58.5 Å². The van der Waals surface area contributed by atoms with Crippen molar-refractivity contribution in [2.24, 2.45) is 0 Å². The number of unbranched alkanes of at least 4 members (excludes halogenated alkanes) is 5. The molecule has 0 heterocycles. The molecule has 1 aromatic rings. The summed E-state index contributed by atoms with van der Waals surface area (Å²) in [6, 6.07) is 5.04. The molecule has 96 valence electrons. The molecular weight excluding hydrogens is 215 g/mol. The predicted molar refractivity (Wildman–Crippen MR) is 69.4 cm³/mol. The van der Waals surface area contributed by atoms with Gasteiger partial charge in [0.1, 0.15) is 5.82 Å². The van der Waals surface area contributed by atoms with Crippen LogP contribution in [0, 0.1) is 5.82 Å². The first-order chi connectivity index (χ1) is 8.27. The second-order valence-electron chi connectivity index (χ2n) is 4.60. The summed E-state index contributed by atoms with van der Waals surface area (Å²) < 4.78 is 13.6. The highest BCUT2D eigenvalue weighted by Crippen LogP contribution is 2.14. The van der Waals surface area contributed by atoms with E-state index in [1.165, 1.54) is 38.2 Å². The number of hydrogen-bond donors (Lipinski definition) is 1. The highest BCUT2D eigenvalue weighted by atomic mass is 19.1. The lowest BCUT2D eigenvalue weighted by Crippen LogP contribution is -1.94. The van der Waals surface area contributed by atoms with E-state index in [0.717, 1.165) is 18.4 Å². The van der Waals surface area contributed by atoms with Crippen molar-refractivity contribution in [2.75, 3.05) is 0 Å². The third-order valence-corrected chi connectivity index (χ3v) is 3.10. The van der Waals surface area contributed by atoms with Crippen LogP contribution in [0.2, 0.25) is 0 Å². The summed E-state index contributed by atoms with van der Waals surface area (Å²) >= 11 is 0. The smallest absolute Gasteiger partial charge is 0.126 e. The van der Waals surface area contributed by atoms with Crippen molar-refractivity contribution in [3.8, 4) is 0 Å². The van der Waals surface area contributed by atoms with Crippen LogP contribution in [-0.2, 0) is 13.0 Å². The van der Waals surface area contributed by atoms with E-state index in [9.17, 15) is 4.39 Å². The number of rotatable bonds is 8. The van der Waals surface area contributed by atoms with Gasteiger partial charge in [-0.05, 0) is 30.0 Å². The molecule has 0 amide bonds. The van der Waals surface area contributed by atoms with E-state index in [1.807, 2.05) is 0 Å². The fraction of sp³-hybridized carbons (Fsp3) is 0.600. The Morgan fingerprint density at radius 2 is 1.76 bits per heavy atom. The average Bonchev–Trinajstić information content (AvgIpc) is 2.35. The van der Waals surface area contributed by atoms with Gasteiger partial charge in [0.05, 0.1) is 6.61 Å². The molecular formula is C15H23FO. The van der Waals surface area contributed by atoms with E-state index < -0.39 is 0 Å². The maximum absolute atomic E-state index is 13.6. The number of aryl methyl sites for hydroxylation is 1. The largest absolute Gasteiger partial charge is 0.392 e. The second kappa shape index (κ2) is 8.24. The van der Waals surface area contributed by atoms with Crippen LogP contribution in [0.15, 0.2) is 18.2 Å². The fourth-order valence-corrected chi connectivity index (χ4v) is 1.99. The Labute approximate surface area is 104 Å². The van der Waals surface area contributed by atoms with E-state index in [1.54, 1.807) is 12.1 Å². The van der Waals surface area contributed by atoms with Gasteiger partial charge in [0.2, 0.25) is 0 Å². The molecule has 0 saturated carbocycles. The van der Waals surface area contributed by atoms with Crippen molar-refractivity contribution in [3.63, 3.8) is 0 Å². The second-order valence-corrected chi connectivity index (χ2v) is 4.60. The van der Waals surface area contributed by atoms with Gasteiger partial charge in [0.15, 0.2) is 0 Å². The van der Waals surface area contributed by atoms with Gasteiger partial charge >= 0.3 is 0 Å². The van der Waals surface area contributed by atoms with Crippen LogP contribution in [0.1, 0.15) is 56.6 Å².